The van der Waals surface area contributed by atoms with Gasteiger partial charge >= 0.3 is 0 Å². The Bertz CT molecular complexity index is 1300. The van der Waals surface area contributed by atoms with Gasteiger partial charge in [0.15, 0.2) is 30.4 Å². The molecule has 5 aliphatic rings. The van der Waals surface area contributed by atoms with Crippen LogP contribution in [-0.4, -0.2) is 97.2 Å². The first-order chi connectivity index (χ1) is 22.1. The lowest BCUT2D eigenvalue weighted by molar-refractivity contribution is -0.385. The van der Waals surface area contributed by atoms with E-state index in [9.17, 15) is 0 Å². The van der Waals surface area contributed by atoms with Gasteiger partial charge in [-0.2, -0.15) is 0 Å². The quantitative estimate of drug-likeness (QED) is 0.279. The normalized spacial score (nSPS) is 41.5. The maximum absolute atomic E-state index is 6.90. The highest BCUT2D eigenvalue weighted by molar-refractivity contribution is 14.1. The fourth-order valence-corrected chi connectivity index (χ4v) is 7.73. The molecule has 46 heavy (non-hydrogen) atoms. The van der Waals surface area contributed by atoms with Crippen LogP contribution >= 0.6 is 22.6 Å². The Hall–Kier alpha value is -1.27. The van der Waals surface area contributed by atoms with E-state index >= 15 is 0 Å². The predicted octanol–water partition coefficient (Wildman–Crippen LogP) is 4.64. The van der Waals surface area contributed by atoms with Gasteiger partial charge in [-0.25, -0.2) is 0 Å². The molecule has 2 aromatic carbocycles. The summed E-state index contributed by atoms with van der Waals surface area (Å²) in [5, 5.41) is 0. The molecule has 0 aromatic heterocycles. The summed E-state index contributed by atoms with van der Waals surface area (Å²) in [4.78, 5) is 0. The summed E-state index contributed by atoms with van der Waals surface area (Å²) in [5.41, 5.74) is 1.93. The highest BCUT2D eigenvalue weighted by Gasteiger charge is 2.60. The van der Waals surface area contributed by atoms with Crippen molar-refractivity contribution in [2.24, 2.45) is 0 Å². The van der Waals surface area contributed by atoms with E-state index in [1.54, 1.807) is 7.11 Å². The smallest absolute Gasteiger partial charge is 0.186 e. The van der Waals surface area contributed by atoms with Crippen LogP contribution in [0.2, 0.25) is 0 Å². The third-order valence-corrected chi connectivity index (χ3v) is 10.2. The van der Waals surface area contributed by atoms with Gasteiger partial charge in [0.2, 0.25) is 0 Å². The highest BCUT2D eigenvalue weighted by atomic mass is 127. The summed E-state index contributed by atoms with van der Waals surface area (Å²) in [6.45, 7) is 8.60. The molecule has 7 rings (SSSR count). The van der Waals surface area contributed by atoms with Crippen molar-refractivity contribution in [1.29, 1.82) is 0 Å². The Balaban J connectivity index is 1.17. The zero-order valence-corrected chi connectivity index (χ0v) is 28.8. The minimum atomic E-state index is -0.801. The van der Waals surface area contributed by atoms with E-state index in [1.165, 1.54) is 0 Å². The Morgan fingerprint density at radius 2 is 1.43 bits per heavy atom. The molecule has 5 fully saturated rings. The molecule has 0 saturated carbocycles. The number of fused-ring (bicyclic) bond motifs is 2. The van der Waals surface area contributed by atoms with Gasteiger partial charge in [0.25, 0.3) is 0 Å². The number of methoxy groups -OCH3 is 1. The van der Waals surface area contributed by atoms with Crippen molar-refractivity contribution in [2.75, 3.05) is 20.3 Å². The van der Waals surface area contributed by atoms with Crippen LogP contribution in [0.5, 0.6) is 0 Å². The fourth-order valence-electron chi connectivity index (χ4n) is 6.83. The standard InChI is InChI=1S/C34H43IO11/c1-33(2)39-18-22(44-33)25-28-26(45-34(3,4)46-28)23(35)31(42-25)43-29-27(37-16-19-12-8-6-9-13-19)24-21(40-32(29)36-5)17-38-30(41-24)20-14-10-7-11-15-20/h6-15,21-32H,16-18H2,1-5H3/t21-,22+,23+,24-,25-,26-,27+,28+,29-,30-,31-,32+/m1/s1. The fraction of sp³-hybridized carbons (Fsp3) is 0.647. The first-order valence-electron chi connectivity index (χ1n) is 15.9. The molecule has 0 spiro atoms. The van der Waals surface area contributed by atoms with Crippen molar-refractivity contribution >= 4 is 22.6 Å². The molecular weight excluding hydrogens is 711 g/mol. The lowest BCUT2D eigenvalue weighted by Gasteiger charge is -2.50. The molecule has 12 atom stereocenters. The Morgan fingerprint density at radius 1 is 0.717 bits per heavy atom. The molecule has 0 bridgehead atoms. The average molecular weight is 755 g/mol. The van der Waals surface area contributed by atoms with Gasteiger partial charge in [0, 0.05) is 12.7 Å². The summed E-state index contributed by atoms with van der Waals surface area (Å²) in [5.74, 6) is -1.54. The Morgan fingerprint density at radius 3 is 2.13 bits per heavy atom. The summed E-state index contributed by atoms with van der Waals surface area (Å²) < 4.78 is 70.2. The van der Waals surface area contributed by atoms with Gasteiger partial charge in [0.05, 0.1) is 23.7 Å². The van der Waals surface area contributed by atoms with E-state index in [4.69, 9.17) is 52.1 Å². The second-order valence-electron chi connectivity index (χ2n) is 13.2. The van der Waals surface area contributed by atoms with Crippen molar-refractivity contribution in [3.05, 3.63) is 71.8 Å². The Kier molecular flexibility index (Phi) is 9.80. The predicted molar refractivity (Wildman–Crippen MR) is 171 cm³/mol. The third-order valence-electron chi connectivity index (χ3n) is 8.91. The maximum atomic E-state index is 6.90. The molecule has 5 heterocycles. The van der Waals surface area contributed by atoms with Crippen LogP contribution in [0, 0.1) is 0 Å². The van der Waals surface area contributed by atoms with Crippen LogP contribution in [0.3, 0.4) is 0 Å². The molecule has 0 N–H and O–H groups in total. The zero-order valence-electron chi connectivity index (χ0n) is 26.7. The van der Waals surface area contributed by atoms with Gasteiger partial charge in [0.1, 0.15) is 48.8 Å². The van der Waals surface area contributed by atoms with Crippen LogP contribution in [0.1, 0.15) is 45.1 Å². The lowest BCUT2D eigenvalue weighted by Crippen LogP contribution is -2.66. The van der Waals surface area contributed by atoms with E-state index in [0.717, 1.165) is 11.1 Å². The molecule has 5 saturated heterocycles. The Labute approximate surface area is 283 Å². The van der Waals surface area contributed by atoms with E-state index in [-0.39, 0.29) is 22.2 Å². The van der Waals surface area contributed by atoms with E-state index < -0.39 is 61.0 Å². The number of hydrogen-bond acceptors (Lipinski definition) is 11. The molecule has 0 aliphatic carbocycles. The summed E-state index contributed by atoms with van der Waals surface area (Å²) in [6, 6.07) is 19.9. The van der Waals surface area contributed by atoms with Crippen molar-refractivity contribution in [3.8, 4) is 0 Å². The molecule has 0 amide bonds. The van der Waals surface area contributed by atoms with Gasteiger partial charge in [-0.1, -0.05) is 83.3 Å². The summed E-state index contributed by atoms with van der Waals surface area (Å²) in [7, 11) is 1.59. The van der Waals surface area contributed by atoms with Gasteiger partial charge in [-0.3, -0.25) is 0 Å². The number of halogens is 1. The third kappa shape index (κ3) is 6.92. The average Bonchev–Trinajstić information content (AvgIpc) is 3.59. The maximum Gasteiger partial charge on any atom is 0.186 e. The van der Waals surface area contributed by atoms with Crippen LogP contribution in [0.25, 0.3) is 0 Å². The van der Waals surface area contributed by atoms with Crippen LogP contribution < -0.4 is 0 Å². The number of rotatable bonds is 8. The van der Waals surface area contributed by atoms with Crippen molar-refractivity contribution in [3.63, 3.8) is 0 Å². The van der Waals surface area contributed by atoms with Crippen molar-refractivity contribution in [2.45, 2.75) is 118 Å². The molecule has 12 heteroatoms. The van der Waals surface area contributed by atoms with Crippen LogP contribution in [0.4, 0.5) is 0 Å². The molecule has 5 aliphatic heterocycles. The van der Waals surface area contributed by atoms with Gasteiger partial charge in [-0.05, 0) is 33.3 Å². The zero-order chi connectivity index (χ0) is 32.1. The first kappa shape index (κ1) is 33.2. The molecule has 0 radical (unpaired) electrons. The lowest BCUT2D eigenvalue weighted by atomic mass is 9.95. The van der Waals surface area contributed by atoms with Crippen LogP contribution in [0.15, 0.2) is 60.7 Å². The highest BCUT2D eigenvalue weighted by Crippen LogP contribution is 2.45. The van der Waals surface area contributed by atoms with Crippen LogP contribution in [-0.2, 0) is 58.7 Å². The molecule has 0 unspecified atom stereocenters. The van der Waals surface area contributed by atoms with E-state index in [1.807, 2.05) is 88.4 Å². The number of hydrogen-bond donors (Lipinski definition) is 0. The van der Waals surface area contributed by atoms with Crippen molar-refractivity contribution in [1.82, 2.24) is 0 Å². The van der Waals surface area contributed by atoms with E-state index in [2.05, 4.69) is 22.6 Å². The SMILES string of the molecule is CO[C@H]1O[C@@H]2CO[C@@H](c3ccccc3)O[C@H]2[C@H](OCc2ccccc2)[C@H]1O[C@H]1O[C@H]([C@@H]2COC(C)(C)O2)[C@@H]2OC(C)(C)O[C@@H]2[C@@H]1I. The van der Waals surface area contributed by atoms with Gasteiger partial charge in [-0.15, -0.1) is 0 Å². The molecule has 11 nitrogen and oxygen atoms in total. The minimum absolute atomic E-state index is 0.242. The summed E-state index contributed by atoms with van der Waals surface area (Å²) in [6.07, 6.45) is -5.97. The monoisotopic (exact) mass is 754 g/mol. The largest absolute Gasteiger partial charge is 0.368 e. The summed E-state index contributed by atoms with van der Waals surface area (Å²) >= 11 is 2.33. The number of alkyl halides is 1. The first-order valence-corrected chi connectivity index (χ1v) is 17.1. The second-order valence-corrected chi connectivity index (χ2v) is 14.6. The minimum Gasteiger partial charge on any atom is -0.368 e. The number of ether oxygens (including phenoxy) is 11. The second kappa shape index (κ2) is 13.6. The number of benzene rings is 2. The van der Waals surface area contributed by atoms with Gasteiger partial charge < -0.3 is 52.1 Å². The van der Waals surface area contributed by atoms with E-state index in [0.29, 0.717) is 19.8 Å². The van der Waals surface area contributed by atoms with Crippen molar-refractivity contribution < 1.29 is 52.1 Å². The molecule has 252 valence electrons. The topological polar surface area (TPSA) is 102 Å². The molecule has 2 aromatic rings. The molecular formula is C34H43IO11.